The molecule has 1 aliphatic rings. The van der Waals surface area contributed by atoms with E-state index in [4.69, 9.17) is 0 Å². The summed E-state index contributed by atoms with van der Waals surface area (Å²) in [6, 6.07) is 3.48. The number of halogens is 3. The molecule has 1 aliphatic carbocycles. The lowest BCUT2D eigenvalue weighted by molar-refractivity contribution is -0.142. The van der Waals surface area contributed by atoms with E-state index in [0.717, 1.165) is 31.7 Å². The molecule has 2 rings (SSSR count). The number of aliphatic carboxylic acids is 1. The topological polar surface area (TPSA) is 49.3 Å². The van der Waals surface area contributed by atoms with E-state index in [0.29, 0.717) is 0 Å². The average molecular weight is 287 g/mol. The van der Waals surface area contributed by atoms with Crippen molar-refractivity contribution in [2.24, 2.45) is 0 Å². The van der Waals surface area contributed by atoms with Crippen LogP contribution in [-0.2, 0) is 11.0 Å². The van der Waals surface area contributed by atoms with E-state index in [1.807, 2.05) is 0 Å². The zero-order valence-corrected chi connectivity index (χ0v) is 10.8. The van der Waals surface area contributed by atoms with Crippen molar-refractivity contribution < 1.29 is 23.1 Å². The Kier molecular flexibility index (Phi) is 4.32. The summed E-state index contributed by atoms with van der Waals surface area (Å²) in [5.41, 5.74) is -1.11. The molecule has 1 unspecified atom stereocenters. The molecule has 0 spiro atoms. The van der Waals surface area contributed by atoms with E-state index < -0.39 is 23.8 Å². The van der Waals surface area contributed by atoms with Crippen molar-refractivity contribution >= 4 is 5.97 Å². The molecule has 2 N–H and O–H groups in total. The minimum atomic E-state index is -4.55. The molecule has 0 bridgehead atoms. The summed E-state index contributed by atoms with van der Waals surface area (Å²) < 4.78 is 38.9. The van der Waals surface area contributed by atoms with E-state index in [2.05, 4.69) is 5.32 Å². The zero-order valence-electron chi connectivity index (χ0n) is 10.8. The minimum absolute atomic E-state index is 0.0302. The Bertz CT molecular complexity index is 482. The Balaban J connectivity index is 2.31. The van der Waals surface area contributed by atoms with Crippen LogP contribution in [0.5, 0.6) is 0 Å². The van der Waals surface area contributed by atoms with Crippen molar-refractivity contribution in [2.45, 2.75) is 43.9 Å². The summed E-state index contributed by atoms with van der Waals surface area (Å²) in [6.45, 7) is 0. The van der Waals surface area contributed by atoms with Crippen LogP contribution in [0.3, 0.4) is 0 Å². The van der Waals surface area contributed by atoms with Crippen LogP contribution in [0.2, 0.25) is 0 Å². The second-order valence-corrected chi connectivity index (χ2v) is 5.00. The highest BCUT2D eigenvalue weighted by atomic mass is 19.4. The van der Waals surface area contributed by atoms with Crippen LogP contribution in [0.1, 0.15) is 42.9 Å². The third kappa shape index (κ3) is 3.30. The van der Waals surface area contributed by atoms with Crippen LogP contribution in [0.4, 0.5) is 13.2 Å². The van der Waals surface area contributed by atoms with Crippen molar-refractivity contribution in [3.63, 3.8) is 0 Å². The molecule has 0 saturated heterocycles. The van der Waals surface area contributed by atoms with Gasteiger partial charge in [0, 0.05) is 6.04 Å². The fourth-order valence-electron chi connectivity index (χ4n) is 2.63. The monoisotopic (exact) mass is 287 g/mol. The van der Waals surface area contributed by atoms with Gasteiger partial charge in [-0.1, -0.05) is 31.0 Å². The molecule has 1 aromatic rings. The number of rotatable bonds is 4. The Labute approximate surface area is 114 Å². The largest absolute Gasteiger partial charge is 0.480 e. The van der Waals surface area contributed by atoms with E-state index in [1.165, 1.54) is 18.2 Å². The number of carbonyl (C=O) groups is 1. The van der Waals surface area contributed by atoms with Crippen LogP contribution in [0.15, 0.2) is 24.3 Å². The minimum Gasteiger partial charge on any atom is -0.480 e. The van der Waals surface area contributed by atoms with Gasteiger partial charge in [-0.2, -0.15) is 13.2 Å². The molecule has 0 heterocycles. The molecular weight excluding hydrogens is 271 g/mol. The SMILES string of the molecule is O=C(O)C(NC1CCCC1)c1ccccc1C(F)(F)F. The fraction of sp³-hybridized carbons (Fsp3) is 0.500. The Hall–Kier alpha value is -1.56. The summed E-state index contributed by atoms with van der Waals surface area (Å²) in [4.78, 5) is 11.3. The Morgan fingerprint density at radius 3 is 2.40 bits per heavy atom. The lowest BCUT2D eigenvalue weighted by Crippen LogP contribution is -2.36. The lowest BCUT2D eigenvalue weighted by atomic mass is 9.99. The van der Waals surface area contributed by atoms with Crippen molar-refractivity contribution in [1.82, 2.24) is 5.32 Å². The first-order valence-electron chi connectivity index (χ1n) is 6.54. The maximum atomic E-state index is 13.0. The van der Waals surface area contributed by atoms with Crippen molar-refractivity contribution in [1.29, 1.82) is 0 Å². The van der Waals surface area contributed by atoms with E-state index >= 15 is 0 Å². The van der Waals surface area contributed by atoms with Crippen molar-refractivity contribution in [3.8, 4) is 0 Å². The first kappa shape index (κ1) is 14.8. The normalized spacial score (nSPS) is 18.1. The van der Waals surface area contributed by atoms with E-state index in [1.54, 1.807) is 0 Å². The van der Waals surface area contributed by atoms with Gasteiger partial charge in [0.15, 0.2) is 0 Å². The highest BCUT2D eigenvalue weighted by Crippen LogP contribution is 2.35. The van der Waals surface area contributed by atoms with Crippen LogP contribution >= 0.6 is 0 Å². The van der Waals surface area contributed by atoms with Crippen molar-refractivity contribution in [3.05, 3.63) is 35.4 Å². The van der Waals surface area contributed by atoms with Gasteiger partial charge in [-0.3, -0.25) is 10.1 Å². The molecule has 3 nitrogen and oxygen atoms in total. The Morgan fingerprint density at radius 1 is 1.25 bits per heavy atom. The van der Waals surface area contributed by atoms with Gasteiger partial charge >= 0.3 is 12.1 Å². The molecular formula is C14H16F3NO2. The smallest absolute Gasteiger partial charge is 0.416 e. The number of nitrogens with one attached hydrogen (secondary N) is 1. The molecule has 0 radical (unpaired) electrons. The quantitative estimate of drug-likeness (QED) is 0.892. The van der Waals surface area contributed by atoms with Gasteiger partial charge in [0.05, 0.1) is 5.56 Å². The van der Waals surface area contributed by atoms with Gasteiger partial charge in [-0.15, -0.1) is 0 Å². The van der Waals surface area contributed by atoms with Crippen LogP contribution in [0, 0.1) is 0 Å². The third-order valence-electron chi connectivity index (χ3n) is 3.58. The first-order valence-corrected chi connectivity index (χ1v) is 6.54. The molecule has 1 atom stereocenters. The number of benzene rings is 1. The molecule has 110 valence electrons. The van der Waals surface area contributed by atoms with Crippen LogP contribution < -0.4 is 5.32 Å². The third-order valence-corrected chi connectivity index (χ3v) is 3.58. The zero-order chi connectivity index (χ0) is 14.8. The second kappa shape index (κ2) is 5.83. The van der Waals surface area contributed by atoms with Crippen LogP contribution in [0.25, 0.3) is 0 Å². The van der Waals surface area contributed by atoms with Gasteiger partial charge in [0.2, 0.25) is 0 Å². The van der Waals surface area contributed by atoms with Gasteiger partial charge in [-0.25, -0.2) is 0 Å². The predicted molar refractivity (Wildman–Crippen MR) is 67.2 cm³/mol. The maximum Gasteiger partial charge on any atom is 0.416 e. The Morgan fingerprint density at radius 2 is 1.85 bits per heavy atom. The number of carboxylic acid groups (broad SMARTS) is 1. The predicted octanol–water partition coefficient (Wildman–Crippen LogP) is 3.36. The standard InChI is InChI=1S/C14H16F3NO2/c15-14(16,17)11-8-4-3-7-10(11)12(13(19)20)18-9-5-1-2-6-9/h3-4,7-9,12,18H,1-2,5-6H2,(H,19,20). The molecule has 1 aromatic carbocycles. The van der Waals surface area contributed by atoms with Gasteiger partial charge < -0.3 is 5.11 Å². The van der Waals surface area contributed by atoms with E-state index in [-0.39, 0.29) is 11.6 Å². The molecule has 20 heavy (non-hydrogen) atoms. The molecule has 0 aliphatic heterocycles. The van der Waals surface area contributed by atoms with Crippen molar-refractivity contribution in [2.75, 3.05) is 0 Å². The van der Waals surface area contributed by atoms with Gasteiger partial charge in [0.25, 0.3) is 0 Å². The molecule has 0 aromatic heterocycles. The fourth-order valence-corrected chi connectivity index (χ4v) is 2.63. The average Bonchev–Trinajstić information content (AvgIpc) is 2.87. The second-order valence-electron chi connectivity index (χ2n) is 5.00. The maximum absolute atomic E-state index is 13.0. The molecule has 1 saturated carbocycles. The molecule has 6 heteroatoms. The number of hydrogen-bond acceptors (Lipinski definition) is 2. The van der Waals surface area contributed by atoms with Gasteiger partial charge in [0.1, 0.15) is 6.04 Å². The summed E-state index contributed by atoms with van der Waals surface area (Å²) in [6.07, 6.45) is -0.993. The highest BCUT2D eigenvalue weighted by Gasteiger charge is 2.37. The van der Waals surface area contributed by atoms with Gasteiger partial charge in [-0.05, 0) is 24.5 Å². The summed E-state index contributed by atoms with van der Waals surface area (Å²) >= 11 is 0. The highest BCUT2D eigenvalue weighted by molar-refractivity contribution is 5.76. The lowest BCUT2D eigenvalue weighted by Gasteiger charge is -2.22. The molecule has 1 fully saturated rings. The summed E-state index contributed by atoms with van der Waals surface area (Å²) in [7, 11) is 0. The number of hydrogen-bond donors (Lipinski definition) is 2. The summed E-state index contributed by atoms with van der Waals surface area (Å²) in [5.74, 6) is -1.28. The van der Waals surface area contributed by atoms with E-state index in [9.17, 15) is 23.1 Å². The summed E-state index contributed by atoms with van der Waals surface area (Å²) in [5, 5.41) is 12.1. The number of alkyl halides is 3. The number of carboxylic acids is 1. The molecule has 0 amide bonds. The van der Waals surface area contributed by atoms with Crippen LogP contribution in [-0.4, -0.2) is 17.1 Å². The first-order chi connectivity index (χ1) is 9.39.